The summed E-state index contributed by atoms with van der Waals surface area (Å²) in [5.74, 6) is 0.904. The topological polar surface area (TPSA) is 34.4 Å². The molecule has 1 N–H and O–H groups in total. The van der Waals surface area contributed by atoms with E-state index in [1.54, 1.807) is 12.5 Å². The van der Waals surface area contributed by atoms with Crippen molar-refractivity contribution < 1.29 is 9.15 Å². The van der Waals surface area contributed by atoms with Crippen LogP contribution < -0.4 is 10.1 Å². The number of nitrogens with one attached hydrogen (secondary N) is 1. The third kappa shape index (κ3) is 3.61. The molecule has 0 fully saturated rings. The van der Waals surface area contributed by atoms with Crippen molar-refractivity contribution in [1.82, 2.24) is 5.32 Å². The molecule has 1 aromatic heterocycles. The van der Waals surface area contributed by atoms with Crippen molar-refractivity contribution in [1.29, 1.82) is 0 Å². The molecule has 1 aromatic carbocycles. The van der Waals surface area contributed by atoms with Gasteiger partial charge in [-0.15, -0.1) is 0 Å². The molecule has 0 saturated carbocycles. The van der Waals surface area contributed by atoms with Gasteiger partial charge in [0.2, 0.25) is 0 Å². The molecule has 0 aliphatic carbocycles. The van der Waals surface area contributed by atoms with Gasteiger partial charge in [0, 0.05) is 5.56 Å². The minimum atomic E-state index is 0.164. The summed E-state index contributed by atoms with van der Waals surface area (Å²) >= 11 is 0. The van der Waals surface area contributed by atoms with E-state index in [0.29, 0.717) is 0 Å². The van der Waals surface area contributed by atoms with Gasteiger partial charge in [-0.25, -0.2) is 0 Å². The molecule has 19 heavy (non-hydrogen) atoms. The van der Waals surface area contributed by atoms with Crippen molar-refractivity contribution in [2.75, 3.05) is 6.54 Å². The van der Waals surface area contributed by atoms with Gasteiger partial charge in [0.05, 0.1) is 24.7 Å². The molecule has 3 nitrogen and oxygen atoms in total. The number of hydrogen-bond donors (Lipinski definition) is 1. The van der Waals surface area contributed by atoms with Crippen molar-refractivity contribution in [3.05, 3.63) is 54.0 Å². The van der Waals surface area contributed by atoms with Crippen LogP contribution in [0.15, 0.2) is 47.3 Å². The summed E-state index contributed by atoms with van der Waals surface area (Å²) in [6.07, 6.45) is 3.69. The van der Waals surface area contributed by atoms with Gasteiger partial charge in [0.25, 0.3) is 0 Å². The van der Waals surface area contributed by atoms with E-state index in [1.807, 2.05) is 32.0 Å². The quantitative estimate of drug-likeness (QED) is 0.857. The second-order valence-corrected chi connectivity index (χ2v) is 4.78. The molecular formula is C16H21NO2. The van der Waals surface area contributed by atoms with Crippen LogP contribution in [0.25, 0.3) is 0 Å². The summed E-state index contributed by atoms with van der Waals surface area (Å²) in [4.78, 5) is 0. The fourth-order valence-corrected chi connectivity index (χ4v) is 2.08. The average molecular weight is 259 g/mol. The summed E-state index contributed by atoms with van der Waals surface area (Å²) < 4.78 is 10.8. The zero-order valence-corrected chi connectivity index (χ0v) is 11.7. The van der Waals surface area contributed by atoms with Gasteiger partial charge in [-0.05, 0) is 44.2 Å². The highest BCUT2D eigenvalue weighted by molar-refractivity contribution is 5.34. The molecule has 1 unspecified atom stereocenters. The lowest BCUT2D eigenvalue weighted by atomic mass is 10.0. The first-order chi connectivity index (χ1) is 9.20. The Morgan fingerprint density at radius 2 is 1.84 bits per heavy atom. The van der Waals surface area contributed by atoms with Crippen LogP contribution in [0.1, 0.15) is 37.9 Å². The molecule has 2 aromatic rings. The maximum atomic E-state index is 5.66. The Bertz CT molecular complexity index is 474. The normalized spacial score (nSPS) is 12.6. The van der Waals surface area contributed by atoms with E-state index in [4.69, 9.17) is 9.15 Å². The van der Waals surface area contributed by atoms with Gasteiger partial charge >= 0.3 is 0 Å². The van der Waals surface area contributed by atoms with Crippen LogP contribution in [0.3, 0.4) is 0 Å². The van der Waals surface area contributed by atoms with E-state index < -0.39 is 0 Å². The number of ether oxygens (including phenoxy) is 1. The van der Waals surface area contributed by atoms with Crippen LogP contribution in [0, 0.1) is 0 Å². The summed E-state index contributed by atoms with van der Waals surface area (Å²) in [6, 6.07) is 10.4. The first-order valence-corrected chi connectivity index (χ1v) is 6.72. The smallest absolute Gasteiger partial charge is 0.119 e. The average Bonchev–Trinajstić information content (AvgIpc) is 2.90. The molecule has 0 bridgehead atoms. The van der Waals surface area contributed by atoms with Crippen LogP contribution >= 0.6 is 0 Å². The van der Waals surface area contributed by atoms with E-state index >= 15 is 0 Å². The van der Waals surface area contributed by atoms with Crippen molar-refractivity contribution in [3.63, 3.8) is 0 Å². The Morgan fingerprint density at radius 1 is 1.11 bits per heavy atom. The second-order valence-electron chi connectivity index (χ2n) is 4.78. The Balaban J connectivity index is 2.18. The first-order valence-electron chi connectivity index (χ1n) is 6.72. The lowest BCUT2D eigenvalue weighted by molar-refractivity contribution is 0.242. The zero-order valence-electron chi connectivity index (χ0n) is 11.7. The molecule has 0 aliphatic heterocycles. The van der Waals surface area contributed by atoms with Gasteiger partial charge in [0.1, 0.15) is 5.75 Å². The van der Waals surface area contributed by atoms with Crippen LogP contribution in [0.5, 0.6) is 5.75 Å². The van der Waals surface area contributed by atoms with Crippen LogP contribution in [-0.2, 0) is 0 Å². The van der Waals surface area contributed by atoms with E-state index in [9.17, 15) is 0 Å². The number of rotatable bonds is 6. The predicted octanol–water partition coefficient (Wildman–Crippen LogP) is 3.77. The van der Waals surface area contributed by atoms with Crippen LogP contribution in [-0.4, -0.2) is 12.6 Å². The van der Waals surface area contributed by atoms with Gasteiger partial charge in [-0.3, -0.25) is 0 Å². The number of benzene rings is 1. The monoisotopic (exact) mass is 259 g/mol. The highest BCUT2D eigenvalue weighted by Gasteiger charge is 2.14. The Morgan fingerprint density at radius 3 is 2.37 bits per heavy atom. The molecule has 1 atom stereocenters. The number of hydrogen-bond acceptors (Lipinski definition) is 3. The van der Waals surface area contributed by atoms with Crippen LogP contribution in [0.2, 0.25) is 0 Å². The molecule has 0 spiro atoms. The molecule has 1 heterocycles. The lowest BCUT2D eigenvalue weighted by Crippen LogP contribution is -2.21. The maximum absolute atomic E-state index is 5.66. The Hall–Kier alpha value is -1.74. The van der Waals surface area contributed by atoms with E-state index in [-0.39, 0.29) is 12.1 Å². The third-order valence-corrected chi connectivity index (χ3v) is 2.87. The molecule has 102 valence electrons. The van der Waals surface area contributed by atoms with Gasteiger partial charge in [-0.1, -0.05) is 19.1 Å². The standard InChI is InChI=1S/C16H21NO2/c1-4-17-16(14-9-10-18-11-14)13-5-7-15(8-6-13)19-12(2)3/h5-12,16-17H,4H2,1-3H3. The predicted molar refractivity (Wildman–Crippen MR) is 76.4 cm³/mol. The van der Waals surface area contributed by atoms with Crippen molar-refractivity contribution in [3.8, 4) is 5.75 Å². The fourth-order valence-electron chi connectivity index (χ4n) is 2.08. The highest BCUT2D eigenvalue weighted by atomic mass is 16.5. The third-order valence-electron chi connectivity index (χ3n) is 2.87. The Kier molecular flexibility index (Phi) is 4.63. The van der Waals surface area contributed by atoms with Crippen molar-refractivity contribution in [2.24, 2.45) is 0 Å². The summed E-state index contributed by atoms with van der Waals surface area (Å²) in [5.41, 5.74) is 2.35. The molecule has 0 aliphatic rings. The largest absolute Gasteiger partial charge is 0.491 e. The molecule has 3 heteroatoms. The summed E-state index contributed by atoms with van der Waals surface area (Å²) in [6.45, 7) is 7.06. The summed E-state index contributed by atoms with van der Waals surface area (Å²) in [5, 5.41) is 3.46. The van der Waals surface area contributed by atoms with Gasteiger partial charge in [0.15, 0.2) is 0 Å². The fraction of sp³-hybridized carbons (Fsp3) is 0.375. The SMILES string of the molecule is CCNC(c1ccc(OC(C)C)cc1)c1ccoc1. The van der Waals surface area contributed by atoms with Crippen molar-refractivity contribution in [2.45, 2.75) is 32.9 Å². The molecule has 0 amide bonds. The number of furan rings is 1. The van der Waals surface area contributed by atoms with E-state index in [2.05, 4.69) is 24.4 Å². The highest BCUT2D eigenvalue weighted by Crippen LogP contribution is 2.24. The molecule has 0 saturated heterocycles. The van der Waals surface area contributed by atoms with Gasteiger partial charge < -0.3 is 14.5 Å². The lowest BCUT2D eigenvalue weighted by Gasteiger charge is -2.17. The second kappa shape index (κ2) is 6.43. The molecule has 0 radical (unpaired) electrons. The molecule has 2 rings (SSSR count). The minimum absolute atomic E-state index is 0.164. The van der Waals surface area contributed by atoms with Crippen LogP contribution in [0.4, 0.5) is 0 Å². The Labute approximate surface area is 114 Å². The van der Waals surface area contributed by atoms with Gasteiger partial charge in [-0.2, -0.15) is 0 Å². The van der Waals surface area contributed by atoms with Crippen molar-refractivity contribution >= 4 is 0 Å². The van der Waals surface area contributed by atoms with E-state index in [0.717, 1.165) is 17.9 Å². The minimum Gasteiger partial charge on any atom is -0.491 e. The van der Waals surface area contributed by atoms with E-state index in [1.165, 1.54) is 5.56 Å². The first kappa shape index (κ1) is 13.7. The molecular weight excluding hydrogens is 238 g/mol. The summed E-state index contributed by atoms with van der Waals surface area (Å²) in [7, 11) is 0. The zero-order chi connectivity index (χ0) is 13.7. The maximum Gasteiger partial charge on any atom is 0.119 e.